The summed E-state index contributed by atoms with van der Waals surface area (Å²) >= 11 is 0. The van der Waals surface area contributed by atoms with E-state index in [2.05, 4.69) is 18.2 Å². The van der Waals surface area contributed by atoms with E-state index in [9.17, 15) is 4.79 Å². The normalized spacial score (nSPS) is 10.5. The van der Waals surface area contributed by atoms with Crippen molar-refractivity contribution in [3.8, 4) is 11.3 Å². The minimum atomic E-state index is -0.900. The quantitative estimate of drug-likeness (QED) is 0.860. The molecule has 88 valence electrons. The van der Waals surface area contributed by atoms with Crippen molar-refractivity contribution in [1.29, 1.82) is 0 Å². The zero-order chi connectivity index (χ0) is 12.6. The number of aryl methyl sites for hydroxylation is 2. The molecular weight excluding hydrogens is 214 g/mol. The Morgan fingerprint density at radius 3 is 2.18 bits per heavy atom. The highest BCUT2D eigenvalue weighted by Gasteiger charge is 2.12. The zero-order valence-electron chi connectivity index (χ0n) is 10.2. The number of nitrogens with zero attached hydrogens (tertiary/aromatic N) is 1. The zero-order valence-corrected chi connectivity index (χ0v) is 10.2. The van der Waals surface area contributed by atoms with Crippen LogP contribution >= 0.6 is 0 Å². The van der Waals surface area contributed by atoms with Gasteiger partial charge in [0.2, 0.25) is 0 Å². The number of carbonyl (C=O) groups is 1. The Kier molecular flexibility index (Phi) is 2.76. The van der Waals surface area contributed by atoms with Crippen LogP contribution in [0.3, 0.4) is 0 Å². The molecule has 0 atom stereocenters. The van der Waals surface area contributed by atoms with E-state index in [1.165, 1.54) is 11.1 Å². The van der Waals surface area contributed by atoms with Crippen molar-refractivity contribution >= 4 is 5.97 Å². The van der Waals surface area contributed by atoms with Gasteiger partial charge in [0.05, 0.1) is 0 Å². The van der Waals surface area contributed by atoms with Gasteiger partial charge in [-0.1, -0.05) is 17.2 Å². The number of hydrogen-bond acceptors (Lipinski definition) is 1. The van der Waals surface area contributed by atoms with Gasteiger partial charge in [0.1, 0.15) is 5.69 Å². The third-order valence-corrected chi connectivity index (χ3v) is 2.86. The standard InChI is InChI=1S/C14H15NO2/c1-9-6-10(2)8-11(7-9)12-4-5-13(14(16)17)15(12)3/h4-8H,1-3H3,(H,16,17). The molecule has 0 saturated heterocycles. The number of aromatic nitrogens is 1. The molecule has 0 aliphatic heterocycles. The van der Waals surface area contributed by atoms with E-state index in [0.29, 0.717) is 5.69 Å². The molecular formula is C14H15NO2. The molecule has 1 N–H and O–H groups in total. The van der Waals surface area contributed by atoms with Crippen LogP contribution in [0.2, 0.25) is 0 Å². The largest absolute Gasteiger partial charge is 0.477 e. The lowest BCUT2D eigenvalue weighted by atomic mass is 10.1. The van der Waals surface area contributed by atoms with Crippen molar-refractivity contribution in [3.63, 3.8) is 0 Å². The molecule has 1 aromatic carbocycles. The summed E-state index contributed by atoms with van der Waals surface area (Å²) in [6.07, 6.45) is 0. The third kappa shape index (κ3) is 2.09. The van der Waals surface area contributed by atoms with E-state index < -0.39 is 5.97 Å². The van der Waals surface area contributed by atoms with E-state index in [1.54, 1.807) is 17.7 Å². The van der Waals surface area contributed by atoms with Crippen LogP contribution in [0.1, 0.15) is 21.6 Å². The van der Waals surface area contributed by atoms with Gasteiger partial charge in [-0.15, -0.1) is 0 Å². The third-order valence-electron chi connectivity index (χ3n) is 2.86. The van der Waals surface area contributed by atoms with Crippen molar-refractivity contribution in [2.45, 2.75) is 13.8 Å². The van der Waals surface area contributed by atoms with Crippen molar-refractivity contribution in [2.24, 2.45) is 7.05 Å². The van der Waals surface area contributed by atoms with Gasteiger partial charge in [-0.3, -0.25) is 0 Å². The predicted octanol–water partition coefficient (Wildman–Crippen LogP) is 3.01. The van der Waals surface area contributed by atoms with Crippen LogP contribution in [0, 0.1) is 13.8 Å². The number of rotatable bonds is 2. The van der Waals surface area contributed by atoms with E-state index in [-0.39, 0.29) is 0 Å². The van der Waals surface area contributed by atoms with Crippen LogP contribution in [0.15, 0.2) is 30.3 Å². The highest BCUT2D eigenvalue weighted by molar-refractivity contribution is 5.87. The van der Waals surface area contributed by atoms with Crippen LogP contribution in [0.25, 0.3) is 11.3 Å². The molecule has 17 heavy (non-hydrogen) atoms. The smallest absolute Gasteiger partial charge is 0.352 e. The average Bonchev–Trinajstić information content (AvgIpc) is 2.58. The Morgan fingerprint density at radius 2 is 1.71 bits per heavy atom. The Hall–Kier alpha value is -2.03. The highest BCUT2D eigenvalue weighted by atomic mass is 16.4. The van der Waals surface area contributed by atoms with Gasteiger partial charge in [0.15, 0.2) is 0 Å². The highest BCUT2D eigenvalue weighted by Crippen LogP contribution is 2.24. The van der Waals surface area contributed by atoms with Crippen LogP contribution < -0.4 is 0 Å². The van der Waals surface area contributed by atoms with Gasteiger partial charge < -0.3 is 9.67 Å². The van der Waals surface area contributed by atoms with Gasteiger partial charge in [-0.25, -0.2) is 4.79 Å². The molecule has 0 bridgehead atoms. The molecule has 1 heterocycles. The van der Waals surface area contributed by atoms with Gasteiger partial charge in [0, 0.05) is 12.7 Å². The average molecular weight is 229 g/mol. The fourth-order valence-electron chi connectivity index (χ4n) is 2.14. The summed E-state index contributed by atoms with van der Waals surface area (Å²) in [4.78, 5) is 11.0. The molecule has 3 heteroatoms. The van der Waals surface area contributed by atoms with Crippen LogP contribution in [-0.2, 0) is 7.05 Å². The number of aromatic carboxylic acids is 1. The van der Waals surface area contributed by atoms with Gasteiger partial charge >= 0.3 is 5.97 Å². The Balaban J connectivity index is 2.57. The van der Waals surface area contributed by atoms with Crippen LogP contribution in [0.4, 0.5) is 0 Å². The number of carboxylic acid groups (broad SMARTS) is 1. The second-order valence-corrected chi connectivity index (χ2v) is 4.34. The maximum Gasteiger partial charge on any atom is 0.352 e. The number of hydrogen-bond donors (Lipinski definition) is 1. The van der Waals surface area contributed by atoms with Crippen molar-refractivity contribution in [3.05, 3.63) is 47.2 Å². The molecule has 1 aromatic heterocycles. The van der Waals surface area contributed by atoms with Gasteiger partial charge in [-0.2, -0.15) is 0 Å². The molecule has 0 aliphatic rings. The monoisotopic (exact) mass is 229 g/mol. The number of carboxylic acids is 1. The predicted molar refractivity (Wildman–Crippen MR) is 67.3 cm³/mol. The summed E-state index contributed by atoms with van der Waals surface area (Å²) in [5.74, 6) is -0.900. The SMILES string of the molecule is Cc1cc(C)cc(-c2ccc(C(=O)O)n2C)c1. The minimum absolute atomic E-state index is 0.305. The van der Waals surface area contributed by atoms with E-state index >= 15 is 0 Å². The van der Waals surface area contributed by atoms with Gasteiger partial charge in [-0.05, 0) is 43.7 Å². The van der Waals surface area contributed by atoms with E-state index in [4.69, 9.17) is 5.11 Å². The molecule has 0 unspecified atom stereocenters. The molecule has 2 rings (SSSR count). The summed E-state index contributed by atoms with van der Waals surface area (Å²) in [7, 11) is 1.77. The maximum atomic E-state index is 11.0. The van der Waals surface area contributed by atoms with Crippen molar-refractivity contribution in [1.82, 2.24) is 4.57 Å². The van der Waals surface area contributed by atoms with Gasteiger partial charge in [0.25, 0.3) is 0 Å². The summed E-state index contributed by atoms with van der Waals surface area (Å²) in [6, 6.07) is 9.71. The number of benzene rings is 1. The fraction of sp³-hybridized carbons (Fsp3) is 0.214. The van der Waals surface area contributed by atoms with E-state index in [1.807, 2.05) is 19.9 Å². The maximum absolute atomic E-state index is 11.0. The lowest BCUT2D eigenvalue weighted by Gasteiger charge is -2.07. The summed E-state index contributed by atoms with van der Waals surface area (Å²) in [5.41, 5.74) is 4.64. The molecule has 0 spiro atoms. The topological polar surface area (TPSA) is 42.2 Å². The Morgan fingerprint density at radius 1 is 1.12 bits per heavy atom. The molecule has 2 aromatic rings. The van der Waals surface area contributed by atoms with Crippen LogP contribution in [-0.4, -0.2) is 15.6 Å². The first kappa shape index (κ1) is 11.5. The second-order valence-electron chi connectivity index (χ2n) is 4.34. The molecule has 0 aliphatic carbocycles. The molecule has 0 radical (unpaired) electrons. The van der Waals surface area contributed by atoms with Crippen LogP contribution in [0.5, 0.6) is 0 Å². The first-order chi connectivity index (χ1) is 7.99. The van der Waals surface area contributed by atoms with Crippen molar-refractivity contribution in [2.75, 3.05) is 0 Å². The Bertz CT molecular complexity index is 562. The summed E-state index contributed by atoms with van der Waals surface area (Å²) in [6.45, 7) is 4.08. The second kappa shape index (κ2) is 4.09. The Labute approximate surface area is 100 Å². The fourth-order valence-corrected chi connectivity index (χ4v) is 2.14. The van der Waals surface area contributed by atoms with E-state index in [0.717, 1.165) is 11.3 Å². The van der Waals surface area contributed by atoms with Crippen molar-refractivity contribution < 1.29 is 9.90 Å². The molecule has 0 amide bonds. The lowest BCUT2D eigenvalue weighted by molar-refractivity contribution is 0.0687. The summed E-state index contributed by atoms with van der Waals surface area (Å²) in [5, 5.41) is 9.01. The molecule has 3 nitrogen and oxygen atoms in total. The lowest BCUT2D eigenvalue weighted by Crippen LogP contribution is -2.05. The molecule has 0 fully saturated rings. The first-order valence-corrected chi connectivity index (χ1v) is 5.46. The first-order valence-electron chi connectivity index (χ1n) is 5.46. The molecule has 0 saturated carbocycles. The summed E-state index contributed by atoms with van der Waals surface area (Å²) < 4.78 is 1.70. The minimum Gasteiger partial charge on any atom is -0.477 e.